The predicted octanol–water partition coefficient (Wildman–Crippen LogP) is -0.407. The Kier molecular flexibility index (Phi) is 3.78. The number of nitrogens with one attached hydrogen (secondary N) is 1. The summed E-state index contributed by atoms with van der Waals surface area (Å²) in [4.78, 5) is 37.7. The molecule has 6 nitrogen and oxygen atoms in total. The Morgan fingerprint density at radius 1 is 1.37 bits per heavy atom. The zero-order chi connectivity index (χ0) is 14.0. The number of carbonyl (C=O) groups is 3. The van der Waals surface area contributed by atoms with Crippen LogP contribution < -0.4 is 5.32 Å². The summed E-state index contributed by atoms with van der Waals surface area (Å²) < 4.78 is 0. The molecule has 2 fully saturated rings. The monoisotopic (exact) mass is 267 g/mol. The first-order chi connectivity index (χ1) is 8.92. The number of rotatable bonds is 2. The molecule has 6 heteroatoms. The van der Waals surface area contributed by atoms with E-state index in [1.165, 1.54) is 11.8 Å². The smallest absolute Gasteiger partial charge is 0.242 e. The fourth-order valence-corrected chi connectivity index (χ4v) is 2.75. The van der Waals surface area contributed by atoms with Crippen LogP contribution in [0.3, 0.4) is 0 Å². The SMILES string of the molecule is CC(=O)N(C)CC(=O)N1CCC2(CC1)CNC(=O)C2. The third-order valence-electron chi connectivity index (χ3n) is 4.28. The van der Waals surface area contributed by atoms with Crippen molar-refractivity contribution in [3.63, 3.8) is 0 Å². The molecule has 0 bridgehead atoms. The molecule has 1 spiro atoms. The van der Waals surface area contributed by atoms with E-state index in [0.717, 1.165) is 19.4 Å². The average molecular weight is 267 g/mol. The van der Waals surface area contributed by atoms with Gasteiger partial charge in [-0.2, -0.15) is 0 Å². The Hall–Kier alpha value is -1.59. The van der Waals surface area contributed by atoms with Crippen molar-refractivity contribution in [2.24, 2.45) is 5.41 Å². The third kappa shape index (κ3) is 3.05. The van der Waals surface area contributed by atoms with Crippen molar-refractivity contribution in [1.29, 1.82) is 0 Å². The normalized spacial score (nSPS) is 21.4. The van der Waals surface area contributed by atoms with Gasteiger partial charge in [-0.25, -0.2) is 0 Å². The molecule has 2 heterocycles. The van der Waals surface area contributed by atoms with Gasteiger partial charge in [0, 0.05) is 40.0 Å². The Labute approximate surface area is 113 Å². The van der Waals surface area contributed by atoms with Gasteiger partial charge in [0.25, 0.3) is 0 Å². The molecule has 0 aromatic carbocycles. The lowest BCUT2D eigenvalue weighted by molar-refractivity contribution is -0.139. The van der Waals surface area contributed by atoms with Crippen molar-refractivity contribution in [1.82, 2.24) is 15.1 Å². The lowest BCUT2D eigenvalue weighted by Crippen LogP contribution is -2.47. The number of likely N-dealkylation sites (tertiary alicyclic amines) is 1. The van der Waals surface area contributed by atoms with Crippen LogP contribution in [0, 0.1) is 5.41 Å². The van der Waals surface area contributed by atoms with Crippen molar-refractivity contribution in [3.05, 3.63) is 0 Å². The third-order valence-corrected chi connectivity index (χ3v) is 4.28. The minimum Gasteiger partial charge on any atom is -0.356 e. The summed E-state index contributed by atoms with van der Waals surface area (Å²) in [6, 6.07) is 0. The molecule has 0 aromatic heterocycles. The fraction of sp³-hybridized carbons (Fsp3) is 0.769. The number of nitrogens with zero attached hydrogens (tertiary/aromatic N) is 2. The van der Waals surface area contributed by atoms with Crippen LogP contribution in [0.2, 0.25) is 0 Å². The Morgan fingerprint density at radius 2 is 2.00 bits per heavy atom. The predicted molar refractivity (Wildman–Crippen MR) is 69.2 cm³/mol. The zero-order valence-corrected chi connectivity index (χ0v) is 11.6. The maximum absolute atomic E-state index is 12.0. The highest BCUT2D eigenvalue weighted by Crippen LogP contribution is 2.37. The molecule has 0 atom stereocenters. The second kappa shape index (κ2) is 5.19. The maximum Gasteiger partial charge on any atom is 0.242 e. The topological polar surface area (TPSA) is 69.7 Å². The first-order valence-electron chi connectivity index (χ1n) is 6.68. The molecule has 2 saturated heterocycles. The van der Waals surface area contributed by atoms with Crippen LogP contribution in [0.1, 0.15) is 26.2 Å². The molecule has 2 aliphatic heterocycles. The quantitative estimate of drug-likeness (QED) is 0.739. The number of hydrogen-bond acceptors (Lipinski definition) is 3. The van der Waals surface area contributed by atoms with Crippen molar-refractivity contribution >= 4 is 17.7 Å². The highest BCUT2D eigenvalue weighted by molar-refractivity contribution is 5.84. The minimum absolute atomic E-state index is 0.00941. The molecule has 0 saturated carbocycles. The molecule has 2 rings (SSSR count). The summed E-state index contributed by atoms with van der Waals surface area (Å²) >= 11 is 0. The van der Waals surface area contributed by atoms with Crippen molar-refractivity contribution in [3.8, 4) is 0 Å². The van der Waals surface area contributed by atoms with Crippen molar-refractivity contribution in [2.45, 2.75) is 26.2 Å². The molecule has 2 aliphatic rings. The molecular weight excluding hydrogens is 246 g/mol. The fourth-order valence-electron chi connectivity index (χ4n) is 2.75. The Morgan fingerprint density at radius 3 is 2.47 bits per heavy atom. The number of likely N-dealkylation sites (N-methyl/N-ethyl adjacent to an activating group) is 1. The van der Waals surface area contributed by atoms with Gasteiger partial charge < -0.3 is 15.1 Å². The largest absolute Gasteiger partial charge is 0.356 e. The van der Waals surface area contributed by atoms with Crippen LogP contribution in [0.15, 0.2) is 0 Å². The van der Waals surface area contributed by atoms with Gasteiger partial charge in [-0.05, 0) is 18.3 Å². The second-order valence-electron chi connectivity index (χ2n) is 5.71. The summed E-state index contributed by atoms with van der Waals surface area (Å²) in [5, 5.41) is 2.88. The summed E-state index contributed by atoms with van der Waals surface area (Å²) in [5.74, 6) is 0.00772. The van der Waals surface area contributed by atoms with E-state index >= 15 is 0 Å². The van der Waals surface area contributed by atoms with Crippen LogP contribution in [0.4, 0.5) is 0 Å². The zero-order valence-electron chi connectivity index (χ0n) is 11.6. The number of hydrogen-bond donors (Lipinski definition) is 1. The minimum atomic E-state index is -0.104. The summed E-state index contributed by atoms with van der Waals surface area (Å²) in [6.45, 7) is 3.69. The Bertz CT molecular complexity index is 400. The lowest BCUT2D eigenvalue weighted by atomic mass is 9.77. The number of amides is 3. The van der Waals surface area contributed by atoms with Gasteiger partial charge in [0.05, 0.1) is 6.54 Å². The highest BCUT2D eigenvalue weighted by atomic mass is 16.2. The molecule has 0 unspecified atom stereocenters. The average Bonchev–Trinajstić information content (AvgIpc) is 2.71. The van der Waals surface area contributed by atoms with E-state index in [2.05, 4.69) is 5.32 Å². The van der Waals surface area contributed by atoms with Gasteiger partial charge in [0.2, 0.25) is 17.7 Å². The van der Waals surface area contributed by atoms with Gasteiger partial charge in [0.15, 0.2) is 0 Å². The molecule has 106 valence electrons. The van der Waals surface area contributed by atoms with E-state index in [1.54, 1.807) is 11.9 Å². The molecule has 19 heavy (non-hydrogen) atoms. The van der Waals surface area contributed by atoms with Crippen LogP contribution in [-0.4, -0.2) is 60.7 Å². The molecule has 0 radical (unpaired) electrons. The van der Waals surface area contributed by atoms with Crippen LogP contribution in [0.25, 0.3) is 0 Å². The molecule has 3 amide bonds. The Balaban J connectivity index is 1.84. The van der Waals surface area contributed by atoms with Gasteiger partial charge in [-0.3, -0.25) is 14.4 Å². The van der Waals surface area contributed by atoms with E-state index < -0.39 is 0 Å². The van der Waals surface area contributed by atoms with Gasteiger partial charge in [-0.15, -0.1) is 0 Å². The number of piperidine rings is 1. The molecule has 0 aromatic rings. The van der Waals surface area contributed by atoms with Crippen LogP contribution >= 0.6 is 0 Å². The first kappa shape index (κ1) is 13.8. The van der Waals surface area contributed by atoms with E-state index in [-0.39, 0.29) is 29.7 Å². The highest BCUT2D eigenvalue weighted by Gasteiger charge is 2.41. The molecule has 0 aliphatic carbocycles. The number of carbonyl (C=O) groups excluding carboxylic acids is 3. The van der Waals surface area contributed by atoms with Crippen molar-refractivity contribution < 1.29 is 14.4 Å². The molecular formula is C13H21N3O3. The van der Waals surface area contributed by atoms with Gasteiger partial charge >= 0.3 is 0 Å². The second-order valence-corrected chi connectivity index (χ2v) is 5.71. The standard InChI is InChI=1S/C13H21N3O3/c1-10(17)15(2)8-12(19)16-5-3-13(4-6-16)7-11(18)14-9-13/h3-9H2,1-2H3,(H,14,18). The maximum atomic E-state index is 12.0. The van der Waals surface area contributed by atoms with Gasteiger partial charge in [0.1, 0.15) is 0 Å². The summed E-state index contributed by atoms with van der Waals surface area (Å²) in [6.07, 6.45) is 2.31. The van der Waals surface area contributed by atoms with E-state index in [4.69, 9.17) is 0 Å². The summed E-state index contributed by atoms with van der Waals surface area (Å²) in [7, 11) is 1.63. The van der Waals surface area contributed by atoms with E-state index in [1.807, 2.05) is 0 Å². The van der Waals surface area contributed by atoms with E-state index in [0.29, 0.717) is 19.5 Å². The van der Waals surface area contributed by atoms with Crippen molar-refractivity contribution in [2.75, 3.05) is 33.2 Å². The lowest BCUT2D eigenvalue weighted by Gasteiger charge is -2.38. The first-order valence-corrected chi connectivity index (χ1v) is 6.68. The van der Waals surface area contributed by atoms with Crippen LogP contribution in [-0.2, 0) is 14.4 Å². The van der Waals surface area contributed by atoms with Gasteiger partial charge in [-0.1, -0.05) is 0 Å². The molecule has 1 N–H and O–H groups in total. The summed E-state index contributed by atoms with van der Waals surface area (Å²) in [5.41, 5.74) is 0.0559. The van der Waals surface area contributed by atoms with Crippen LogP contribution in [0.5, 0.6) is 0 Å². The van der Waals surface area contributed by atoms with E-state index in [9.17, 15) is 14.4 Å².